The van der Waals surface area contributed by atoms with Crippen molar-refractivity contribution in [3.63, 3.8) is 0 Å². The predicted molar refractivity (Wildman–Crippen MR) is 108 cm³/mol. The van der Waals surface area contributed by atoms with Gasteiger partial charge in [-0.25, -0.2) is 9.97 Å². The van der Waals surface area contributed by atoms with Crippen LogP contribution in [0.3, 0.4) is 0 Å². The van der Waals surface area contributed by atoms with Crippen molar-refractivity contribution in [3.05, 3.63) is 46.8 Å². The second-order valence-corrected chi connectivity index (χ2v) is 6.48. The van der Waals surface area contributed by atoms with E-state index in [-0.39, 0.29) is 30.5 Å². The Morgan fingerprint density at radius 1 is 1.20 bits per heavy atom. The predicted octanol–water partition coefficient (Wildman–Crippen LogP) is 0.0212. The standard InChI is InChI=1S/C18H23N7O5/c26-11-10-23-6-8-24(9-7-23)18-16(25(28)29)17(19-13-20-18)22-21-15(27)12-30-14-4-2-1-3-5-14/h1-5,13,26H,6-12H2,(H,21,27)(H,19,20,22). The molecule has 0 radical (unpaired) electrons. The number of nitrogens with one attached hydrogen (secondary N) is 2. The summed E-state index contributed by atoms with van der Waals surface area (Å²) in [5.41, 5.74) is 4.53. The molecule has 12 nitrogen and oxygen atoms in total. The first-order valence-electron chi connectivity index (χ1n) is 9.38. The molecule has 1 saturated heterocycles. The third-order valence-electron chi connectivity index (χ3n) is 4.51. The third-order valence-corrected chi connectivity index (χ3v) is 4.51. The minimum absolute atomic E-state index is 0.0649. The van der Waals surface area contributed by atoms with Crippen LogP contribution in [-0.2, 0) is 4.79 Å². The Labute approximate surface area is 172 Å². The van der Waals surface area contributed by atoms with E-state index in [1.165, 1.54) is 6.33 Å². The molecule has 160 valence electrons. The normalized spacial score (nSPS) is 14.2. The molecule has 0 spiro atoms. The fraction of sp³-hybridized carbons (Fsp3) is 0.389. The number of benzene rings is 1. The van der Waals surface area contributed by atoms with E-state index in [1.807, 2.05) is 6.07 Å². The van der Waals surface area contributed by atoms with Gasteiger partial charge in [0.05, 0.1) is 11.5 Å². The Morgan fingerprint density at radius 2 is 1.93 bits per heavy atom. The smallest absolute Gasteiger partial charge is 0.355 e. The molecule has 2 aromatic rings. The summed E-state index contributed by atoms with van der Waals surface area (Å²) in [6.07, 6.45) is 1.21. The molecule has 1 aromatic carbocycles. The summed E-state index contributed by atoms with van der Waals surface area (Å²) < 4.78 is 5.33. The number of hydrogen-bond donors (Lipinski definition) is 3. The Kier molecular flexibility index (Phi) is 7.29. The summed E-state index contributed by atoms with van der Waals surface area (Å²) in [6, 6.07) is 8.81. The highest BCUT2D eigenvalue weighted by atomic mass is 16.6. The number of para-hydroxylation sites is 1. The maximum atomic E-state index is 12.0. The fourth-order valence-electron chi connectivity index (χ4n) is 3.02. The third kappa shape index (κ3) is 5.52. The molecular formula is C18H23N7O5. The average Bonchev–Trinajstić information content (AvgIpc) is 2.77. The van der Waals surface area contributed by atoms with Crippen LogP contribution in [0.2, 0.25) is 0 Å². The molecule has 0 unspecified atom stereocenters. The number of piperazine rings is 1. The number of rotatable bonds is 9. The van der Waals surface area contributed by atoms with E-state index in [2.05, 4.69) is 25.7 Å². The van der Waals surface area contributed by atoms with E-state index < -0.39 is 10.8 Å². The first kappa shape index (κ1) is 21.2. The van der Waals surface area contributed by atoms with Gasteiger partial charge in [-0.1, -0.05) is 18.2 Å². The van der Waals surface area contributed by atoms with E-state index in [9.17, 15) is 14.9 Å². The topological polar surface area (TPSA) is 146 Å². The summed E-state index contributed by atoms with van der Waals surface area (Å²) in [5.74, 6) is 0.0704. The summed E-state index contributed by atoms with van der Waals surface area (Å²) in [4.78, 5) is 35.0. The van der Waals surface area contributed by atoms with Gasteiger partial charge in [0.2, 0.25) is 11.6 Å². The lowest BCUT2D eigenvalue weighted by Crippen LogP contribution is -2.47. The van der Waals surface area contributed by atoms with Crippen LogP contribution >= 0.6 is 0 Å². The van der Waals surface area contributed by atoms with Crippen molar-refractivity contribution in [2.45, 2.75) is 0 Å². The summed E-state index contributed by atoms with van der Waals surface area (Å²) in [5, 5.41) is 20.7. The van der Waals surface area contributed by atoms with Crippen molar-refractivity contribution in [3.8, 4) is 5.75 Å². The highest BCUT2D eigenvalue weighted by molar-refractivity contribution is 5.80. The summed E-state index contributed by atoms with van der Waals surface area (Å²) in [7, 11) is 0. The summed E-state index contributed by atoms with van der Waals surface area (Å²) in [6.45, 7) is 2.70. The molecule has 1 aliphatic rings. The van der Waals surface area contributed by atoms with Crippen molar-refractivity contribution in [1.82, 2.24) is 20.3 Å². The number of ether oxygens (including phenoxy) is 1. The van der Waals surface area contributed by atoms with E-state index in [1.54, 1.807) is 29.2 Å². The molecule has 3 N–H and O–H groups in total. The van der Waals surface area contributed by atoms with Gasteiger partial charge < -0.3 is 14.7 Å². The lowest BCUT2D eigenvalue weighted by Gasteiger charge is -2.34. The van der Waals surface area contributed by atoms with Gasteiger partial charge >= 0.3 is 5.69 Å². The Hall–Kier alpha value is -3.51. The monoisotopic (exact) mass is 417 g/mol. The van der Waals surface area contributed by atoms with Gasteiger partial charge in [0, 0.05) is 32.7 Å². The van der Waals surface area contributed by atoms with Gasteiger partial charge in [-0.3, -0.25) is 30.7 Å². The van der Waals surface area contributed by atoms with E-state index in [4.69, 9.17) is 9.84 Å². The second kappa shape index (κ2) is 10.3. The molecule has 1 amide bonds. The molecule has 0 aliphatic carbocycles. The number of aliphatic hydroxyl groups is 1. The number of amides is 1. The number of anilines is 2. The number of β-amino-alcohol motifs (C(OH)–C–C–N with tert-alkyl or cyclic N) is 1. The molecule has 1 fully saturated rings. The van der Waals surface area contributed by atoms with Crippen molar-refractivity contribution >= 4 is 23.2 Å². The zero-order valence-electron chi connectivity index (χ0n) is 16.2. The van der Waals surface area contributed by atoms with Crippen LogP contribution in [0, 0.1) is 10.1 Å². The first-order chi connectivity index (χ1) is 14.6. The zero-order chi connectivity index (χ0) is 21.3. The maximum absolute atomic E-state index is 12.0. The minimum Gasteiger partial charge on any atom is -0.484 e. The van der Waals surface area contributed by atoms with Crippen LogP contribution in [0.4, 0.5) is 17.3 Å². The molecule has 30 heavy (non-hydrogen) atoms. The molecule has 0 atom stereocenters. The number of carbonyl (C=O) groups excluding carboxylic acids is 1. The quantitative estimate of drug-likeness (QED) is 0.377. The second-order valence-electron chi connectivity index (χ2n) is 6.48. The molecule has 12 heteroatoms. The average molecular weight is 417 g/mol. The number of hydrogen-bond acceptors (Lipinski definition) is 10. The van der Waals surface area contributed by atoms with Crippen LogP contribution < -0.4 is 20.5 Å². The minimum atomic E-state index is -0.579. The fourth-order valence-corrected chi connectivity index (χ4v) is 3.02. The van der Waals surface area contributed by atoms with Gasteiger partial charge in [0.15, 0.2) is 6.61 Å². The number of aliphatic hydroxyl groups excluding tert-OH is 1. The number of aromatic nitrogens is 2. The van der Waals surface area contributed by atoms with Crippen LogP contribution in [0.15, 0.2) is 36.7 Å². The van der Waals surface area contributed by atoms with Crippen LogP contribution in [0.1, 0.15) is 0 Å². The van der Waals surface area contributed by atoms with Crippen molar-refractivity contribution in [2.75, 3.05) is 56.3 Å². The Balaban J connectivity index is 1.63. The number of hydrazine groups is 1. The van der Waals surface area contributed by atoms with Gasteiger partial charge in [-0.05, 0) is 12.1 Å². The van der Waals surface area contributed by atoms with Crippen LogP contribution in [0.5, 0.6) is 5.75 Å². The van der Waals surface area contributed by atoms with E-state index >= 15 is 0 Å². The van der Waals surface area contributed by atoms with E-state index in [0.29, 0.717) is 38.5 Å². The Bertz CT molecular complexity index is 859. The lowest BCUT2D eigenvalue weighted by molar-refractivity contribution is -0.383. The molecule has 1 aromatic heterocycles. The summed E-state index contributed by atoms with van der Waals surface area (Å²) >= 11 is 0. The molecular weight excluding hydrogens is 394 g/mol. The SMILES string of the molecule is O=C(COc1ccccc1)NNc1ncnc(N2CCN(CCO)CC2)c1[N+](=O)[O-]. The highest BCUT2D eigenvalue weighted by Gasteiger charge is 2.29. The molecule has 3 rings (SSSR count). The van der Waals surface area contributed by atoms with Gasteiger partial charge in [0.1, 0.15) is 12.1 Å². The van der Waals surface area contributed by atoms with Crippen LogP contribution in [0.25, 0.3) is 0 Å². The van der Waals surface area contributed by atoms with Crippen molar-refractivity contribution in [1.29, 1.82) is 0 Å². The van der Waals surface area contributed by atoms with Crippen molar-refractivity contribution < 1.29 is 19.6 Å². The molecule has 0 saturated carbocycles. The highest BCUT2D eigenvalue weighted by Crippen LogP contribution is 2.31. The number of nitro groups is 1. The maximum Gasteiger partial charge on any atom is 0.355 e. The van der Waals surface area contributed by atoms with Gasteiger partial charge in [0.25, 0.3) is 5.91 Å². The first-order valence-corrected chi connectivity index (χ1v) is 9.38. The van der Waals surface area contributed by atoms with Gasteiger partial charge in [-0.2, -0.15) is 0 Å². The molecule has 0 bridgehead atoms. The van der Waals surface area contributed by atoms with E-state index in [0.717, 1.165) is 0 Å². The van der Waals surface area contributed by atoms with Crippen molar-refractivity contribution in [2.24, 2.45) is 0 Å². The molecule has 2 heterocycles. The van der Waals surface area contributed by atoms with Crippen LogP contribution in [-0.4, -0.2) is 76.7 Å². The molecule has 1 aliphatic heterocycles. The number of carbonyl (C=O) groups is 1. The van der Waals surface area contributed by atoms with Gasteiger partial charge in [-0.15, -0.1) is 0 Å². The largest absolute Gasteiger partial charge is 0.484 e. The zero-order valence-corrected chi connectivity index (χ0v) is 16.2. The number of nitrogens with zero attached hydrogens (tertiary/aromatic N) is 5. The Morgan fingerprint density at radius 3 is 2.60 bits per heavy atom. The lowest BCUT2D eigenvalue weighted by atomic mass is 10.3.